The standard InChI is InChI=1S/C16H24N2O2/c1-11-7-4-5-8-14(11)18-16(19)13(3)17-12(2)15-9-6-10-20-15/h4-5,7-8,12-13,15,17H,6,9-10H2,1-3H3,(H,18,19)/t12-,13+,15+/m1/s1. The van der Waals surface area contributed by atoms with Crippen LogP contribution < -0.4 is 10.6 Å². The smallest absolute Gasteiger partial charge is 0.241 e. The Balaban J connectivity index is 1.87. The molecule has 3 atom stereocenters. The van der Waals surface area contributed by atoms with Crippen molar-refractivity contribution >= 4 is 11.6 Å². The summed E-state index contributed by atoms with van der Waals surface area (Å²) in [5.74, 6) is -0.0100. The van der Waals surface area contributed by atoms with Crippen LogP contribution in [0.25, 0.3) is 0 Å². The Morgan fingerprint density at radius 2 is 2.10 bits per heavy atom. The van der Waals surface area contributed by atoms with Gasteiger partial charge in [0.1, 0.15) is 0 Å². The fourth-order valence-electron chi connectivity index (χ4n) is 2.53. The zero-order valence-corrected chi connectivity index (χ0v) is 12.5. The summed E-state index contributed by atoms with van der Waals surface area (Å²) in [5, 5.41) is 6.29. The molecule has 0 aliphatic carbocycles. The summed E-state index contributed by atoms with van der Waals surface area (Å²) in [5.41, 5.74) is 1.94. The number of rotatable bonds is 5. The lowest BCUT2D eigenvalue weighted by Crippen LogP contribution is -2.47. The minimum Gasteiger partial charge on any atom is -0.377 e. The van der Waals surface area contributed by atoms with Crippen molar-refractivity contribution in [2.24, 2.45) is 0 Å². The molecule has 0 saturated carbocycles. The molecule has 0 unspecified atom stereocenters. The number of aryl methyl sites for hydroxylation is 1. The maximum atomic E-state index is 12.2. The highest BCUT2D eigenvalue weighted by Crippen LogP contribution is 2.16. The zero-order valence-electron chi connectivity index (χ0n) is 12.5. The lowest BCUT2D eigenvalue weighted by atomic mass is 10.1. The molecule has 0 radical (unpaired) electrons. The van der Waals surface area contributed by atoms with Crippen LogP contribution in [0.2, 0.25) is 0 Å². The van der Waals surface area contributed by atoms with Gasteiger partial charge in [0, 0.05) is 18.3 Å². The molecule has 1 fully saturated rings. The topological polar surface area (TPSA) is 50.4 Å². The number of anilines is 1. The highest BCUT2D eigenvalue weighted by atomic mass is 16.5. The monoisotopic (exact) mass is 276 g/mol. The Morgan fingerprint density at radius 3 is 2.75 bits per heavy atom. The Kier molecular flexibility index (Phi) is 5.15. The van der Waals surface area contributed by atoms with Gasteiger partial charge in [-0.3, -0.25) is 4.79 Å². The molecule has 20 heavy (non-hydrogen) atoms. The Morgan fingerprint density at radius 1 is 1.35 bits per heavy atom. The summed E-state index contributed by atoms with van der Waals surface area (Å²) in [6.07, 6.45) is 2.41. The van der Waals surface area contributed by atoms with E-state index in [2.05, 4.69) is 17.6 Å². The van der Waals surface area contributed by atoms with Crippen molar-refractivity contribution in [2.45, 2.75) is 51.8 Å². The number of ether oxygens (including phenoxy) is 1. The number of carbonyl (C=O) groups is 1. The maximum Gasteiger partial charge on any atom is 0.241 e. The second-order valence-electron chi connectivity index (χ2n) is 5.53. The van der Waals surface area contributed by atoms with Gasteiger partial charge in [0.05, 0.1) is 12.1 Å². The first-order chi connectivity index (χ1) is 9.58. The molecule has 1 aliphatic rings. The van der Waals surface area contributed by atoms with Crippen LogP contribution in [-0.4, -0.2) is 30.7 Å². The first-order valence-electron chi connectivity index (χ1n) is 7.32. The van der Waals surface area contributed by atoms with Crippen LogP contribution in [0, 0.1) is 6.92 Å². The summed E-state index contributed by atoms with van der Waals surface area (Å²) in [7, 11) is 0. The van der Waals surface area contributed by atoms with Gasteiger partial charge in [-0.15, -0.1) is 0 Å². The van der Waals surface area contributed by atoms with Crippen LogP contribution in [0.4, 0.5) is 5.69 Å². The Hall–Kier alpha value is -1.39. The molecule has 1 heterocycles. The molecule has 2 N–H and O–H groups in total. The molecule has 0 spiro atoms. The summed E-state index contributed by atoms with van der Waals surface area (Å²) in [4.78, 5) is 12.2. The number of nitrogens with one attached hydrogen (secondary N) is 2. The van der Waals surface area contributed by atoms with E-state index >= 15 is 0 Å². The molecule has 4 heteroatoms. The second kappa shape index (κ2) is 6.86. The molecule has 1 amide bonds. The zero-order chi connectivity index (χ0) is 14.5. The molecular weight excluding hydrogens is 252 g/mol. The SMILES string of the molecule is Cc1ccccc1NC(=O)[C@H](C)N[C@H](C)[C@@H]1CCCO1. The van der Waals surface area contributed by atoms with E-state index in [9.17, 15) is 4.79 Å². The lowest BCUT2D eigenvalue weighted by Gasteiger charge is -2.24. The fourth-order valence-corrected chi connectivity index (χ4v) is 2.53. The lowest BCUT2D eigenvalue weighted by molar-refractivity contribution is -0.118. The number of benzene rings is 1. The minimum absolute atomic E-state index is 0.0100. The molecule has 1 saturated heterocycles. The highest BCUT2D eigenvalue weighted by Gasteiger charge is 2.25. The summed E-state index contributed by atoms with van der Waals surface area (Å²) < 4.78 is 5.64. The number of amides is 1. The van der Waals surface area contributed by atoms with E-state index in [1.165, 1.54) is 0 Å². The molecule has 2 rings (SSSR count). The van der Waals surface area contributed by atoms with Gasteiger partial charge in [-0.2, -0.15) is 0 Å². The van der Waals surface area contributed by atoms with E-state index in [4.69, 9.17) is 4.74 Å². The summed E-state index contributed by atoms with van der Waals surface area (Å²) in [6, 6.07) is 7.75. The van der Waals surface area contributed by atoms with Gasteiger partial charge in [-0.1, -0.05) is 18.2 Å². The molecule has 0 aromatic heterocycles. The van der Waals surface area contributed by atoms with Crippen LogP contribution in [-0.2, 0) is 9.53 Å². The average molecular weight is 276 g/mol. The van der Waals surface area contributed by atoms with Gasteiger partial charge in [0.2, 0.25) is 5.91 Å². The number of para-hydroxylation sites is 1. The molecule has 110 valence electrons. The number of carbonyl (C=O) groups excluding carboxylic acids is 1. The maximum absolute atomic E-state index is 12.2. The summed E-state index contributed by atoms with van der Waals surface area (Å²) >= 11 is 0. The molecule has 1 aromatic rings. The van der Waals surface area contributed by atoms with Crippen LogP contribution in [0.3, 0.4) is 0 Å². The van der Waals surface area contributed by atoms with Crippen molar-refractivity contribution in [1.29, 1.82) is 0 Å². The van der Waals surface area contributed by atoms with E-state index in [0.29, 0.717) is 0 Å². The number of hydrogen-bond donors (Lipinski definition) is 2. The van der Waals surface area contributed by atoms with E-state index in [1.807, 2.05) is 38.1 Å². The van der Waals surface area contributed by atoms with Gasteiger partial charge >= 0.3 is 0 Å². The largest absolute Gasteiger partial charge is 0.377 e. The third kappa shape index (κ3) is 3.81. The van der Waals surface area contributed by atoms with Gasteiger partial charge in [0.25, 0.3) is 0 Å². The van der Waals surface area contributed by atoms with Crippen molar-refractivity contribution in [3.63, 3.8) is 0 Å². The first kappa shape index (κ1) is 15.0. The molecule has 0 bridgehead atoms. The van der Waals surface area contributed by atoms with Gasteiger partial charge < -0.3 is 15.4 Å². The second-order valence-corrected chi connectivity index (χ2v) is 5.53. The normalized spacial score (nSPS) is 21.4. The minimum atomic E-state index is -0.242. The van der Waals surface area contributed by atoms with Crippen LogP contribution in [0.5, 0.6) is 0 Å². The van der Waals surface area contributed by atoms with Crippen LogP contribution in [0.15, 0.2) is 24.3 Å². The van der Waals surface area contributed by atoms with Gasteiger partial charge in [-0.05, 0) is 45.2 Å². The van der Waals surface area contributed by atoms with Gasteiger partial charge in [0.15, 0.2) is 0 Å². The third-order valence-corrected chi connectivity index (χ3v) is 3.83. The van der Waals surface area contributed by atoms with E-state index in [-0.39, 0.29) is 24.1 Å². The van der Waals surface area contributed by atoms with E-state index in [1.54, 1.807) is 0 Å². The van der Waals surface area contributed by atoms with E-state index < -0.39 is 0 Å². The van der Waals surface area contributed by atoms with Crippen molar-refractivity contribution in [3.8, 4) is 0 Å². The van der Waals surface area contributed by atoms with Crippen molar-refractivity contribution in [2.75, 3.05) is 11.9 Å². The predicted octanol–water partition coefficient (Wildman–Crippen LogP) is 2.48. The molecular formula is C16H24N2O2. The highest BCUT2D eigenvalue weighted by molar-refractivity contribution is 5.95. The number of hydrogen-bond acceptors (Lipinski definition) is 3. The third-order valence-electron chi connectivity index (χ3n) is 3.83. The first-order valence-corrected chi connectivity index (χ1v) is 7.32. The van der Waals surface area contributed by atoms with Crippen molar-refractivity contribution in [3.05, 3.63) is 29.8 Å². The molecule has 1 aromatic carbocycles. The van der Waals surface area contributed by atoms with Crippen molar-refractivity contribution in [1.82, 2.24) is 5.32 Å². The Bertz CT molecular complexity index is 456. The van der Waals surface area contributed by atoms with E-state index in [0.717, 1.165) is 30.7 Å². The summed E-state index contributed by atoms with van der Waals surface area (Å²) in [6.45, 7) is 6.79. The predicted molar refractivity (Wildman–Crippen MR) is 80.8 cm³/mol. The molecule has 1 aliphatic heterocycles. The quantitative estimate of drug-likeness (QED) is 0.868. The van der Waals surface area contributed by atoms with Crippen LogP contribution in [0.1, 0.15) is 32.3 Å². The van der Waals surface area contributed by atoms with Crippen LogP contribution >= 0.6 is 0 Å². The fraction of sp³-hybridized carbons (Fsp3) is 0.562. The van der Waals surface area contributed by atoms with Crippen molar-refractivity contribution < 1.29 is 9.53 Å². The van der Waals surface area contributed by atoms with Gasteiger partial charge in [-0.25, -0.2) is 0 Å². The molecule has 4 nitrogen and oxygen atoms in total. The Labute approximate surface area is 120 Å². The average Bonchev–Trinajstić information content (AvgIpc) is 2.95.